The van der Waals surface area contributed by atoms with Crippen LogP contribution in [0.4, 0.5) is 0 Å². The van der Waals surface area contributed by atoms with Gasteiger partial charge in [0.25, 0.3) is 0 Å². The number of hydrogen-bond donors (Lipinski definition) is 1. The molecule has 84 valence electrons. The van der Waals surface area contributed by atoms with E-state index in [1.165, 1.54) is 0 Å². The van der Waals surface area contributed by atoms with E-state index in [2.05, 4.69) is 4.98 Å². The fraction of sp³-hybridized carbons (Fsp3) is 0.600. The topological polar surface area (TPSA) is 53.4 Å². The summed E-state index contributed by atoms with van der Waals surface area (Å²) in [7, 11) is 1.92. The second-order valence-electron chi connectivity index (χ2n) is 3.73. The summed E-state index contributed by atoms with van der Waals surface area (Å²) in [5, 5.41) is 11.8. The standard InChI is InChI=1S/C10H16N2O2S/c1-7(10(13)14)6-12(3)8(2)9-11-4-5-15-9/h4-5,7-8H,6H2,1-3H3,(H,13,14). The molecule has 1 heterocycles. The Morgan fingerprint density at radius 2 is 2.33 bits per heavy atom. The minimum absolute atomic E-state index is 0.173. The van der Waals surface area contributed by atoms with Crippen molar-refractivity contribution in [3.63, 3.8) is 0 Å². The Labute approximate surface area is 93.6 Å². The molecular formula is C10H16N2O2S. The van der Waals surface area contributed by atoms with E-state index >= 15 is 0 Å². The van der Waals surface area contributed by atoms with Gasteiger partial charge in [0.15, 0.2) is 0 Å². The van der Waals surface area contributed by atoms with Gasteiger partial charge in [0.05, 0.1) is 12.0 Å². The van der Waals surface area contributed by atoms with Crippen molar-refractivity contribution in [1.82, 2.24) is 9.88 Å². The van der Waals surface area contributed by atoms with Crippen LogP contribution >= 0.6 is 11.3 Å². The van der Waals surface area contributed by atoms with Gasteiger partial charge >= 0.3 is 5.97 Å². The van der Waals surface area contributed by atoms with Crippen LogP contribution in [-0.2, 0) is 4.79 Å². The predicted octanol–water partition coefficient (Wildman–Crippen LogP) is 1.86. The molecule has 0 aliphatic heterocycles. The van der Waals surface area contributed by atoms with Gasteiger partial charge in [-0.15, -0.1) is 11.3 Å². The lowest BCUT2D eigenvalue weighted by atomic mass is 10.1. The quantitative estimate of drug-likeness (QED) is 0.835. The second-order valence-corrected chi connectivity index (χ2v) is 4.65. The monoisotopic (exact) mass is 228 g/mol. The average Bonchev–Trinajstić information content (AvgIpc) is 2.68. The number of hydrogen-bond acceptors (Lipinski definition) is 4. The molecule has 1 rings (SSSR count). The lowest BCUT2D eigenvalue weighted by Gasteiger charge is -2.24. The third kappa shape index (κ3) is 3.28. The van der Waals surface area contributed by atoms with Gasteiger partial charge in [-0.05, 0) is 14.0 Å². The fourth-order valence-corrected chi connectivity index (χ4v) is 2.06. The van der Waals surface area contributed by atoms with Crippen LogP contribution in [0, 0.1) is 5.92 Å². The van der Waals surface area contributed by atoms with Crippen LogP contribution in [0.2, 0.25) is 0 Å². The Morgan fingerprint density at radius 3 is 2.80 bits per heavy atom. The van der Waals surface area contributed by atoms with Crippen LogP contribution in [0.3, 0.4) is 0 Å². The first-order valence-corrected chi connectivity index (χ1v) is 5.72. The fourth-order valence-electron chi connectivity index (χ4n) is 1.30. The maximum absolute atomic E-state index is 10.7. The van der Waals surface area contributed by atoms with Crippen molar-refractivity contribution in [3.05, 3.63) is 16.6 Å². The summed E-state index contributed by atoms with van der Waals surface area (Å²) in [6, 6.07) is 0.173. The molecule has 1 N–H and O–H groups in total. The van der Waals surface area contributed by atoms with Gasteiger partial charge in [0.1, 0.15) is 5.01 Å². The number of thiazole rings is 1. The van der Waals surface area contributed by atoms with Crippen molar-refractivity contribution in [2.45, 2.75) is 19.9 Å². The van der Waals surface area contributed by atoms with E-state index in [9.17, 15) is 4.79 Å². The van der Waals surface area contributed by atoms with Crippen molar-refractivity contribution in [2.24, 2.45) is 5.92 Å². The Bertz CT molecular complexity index is 313. The molecule has 0 bridgehead atoms. The molecule has 0 aliphatic carbocycles. The molecule has 1 aromatic heterocycles. The summed E-state index contributed by atoms with van der Waals surface area (Å²) in [5.41, 5.74) is 0. The smallest absolute Gasteiger partial charge is 0.307 e. The maximum atomic E-state index is 10.7. The molecule has 0 amide bonds. The summed E-state index contributed by atoms with van der Waals surface area (Å²) < 4.78 is 0. The Morgan fingerprint density at radius 1 is 1.67 bits per heavy atom. The Balaban J connectivity index is 2.54. The molecule has 0 aromatic carbocycles. The summed E-state index contributed by atoms with van der Waals surface area (Å²) in [6.45, 7) is 4.29. The van der Waals surface area contributed by atoms with Crippen LogP contribution in [0.1, 0.15) is 24.9 Å². The average molecular weight is 228 g/mol. The molecule has 0 aliphatic rings. The van der Waals surface area contributed by atoms with Crippen molar-refractivity contribution < 1.29 is 9.90 Å². The van der Waals surface area contributed by atoms with E-state index in [1.54, 1.807) is 24.5 Å². The summed E-state index contributed by atoms with van der Waals surface area (Å²) >= 11 is 1.59. The molecular weight excluding hydrogens is 212 g/mol. The number of nitrogens with zero attached hydrogens (tertiary/aromatic N) is 2. The normalized spacial score (nSPS) is 15.2. The summed E-state index contributed by atoms with van der Waals surface area (Å²) in [4.78, 5) is 16.9. The Kier molecular flexibility index (Phi) is 4.23. The zero-order chi connectivity index (χ0) is 11.4. The highest BCUT2D eigenvalue weighted by Gasteiger charge is 2.19. The van der Waals surface area contributed by atoms with Crippen molar-refractivity contribution in [3.8, 4) is 0 Å². The summed E-state index contributed by atoms with van der Waals surface area (Å²) in [6.07, 6.45) is 1.77. The van der Waals surface area contributed by atoms with Gasteiger partial charge in [-0.1, -0.05) is 6.92 Å². The Hall–Kier alpha value is -0.940. The molecule has 5 heteroatoms. The highest BCUT2D eigenvalue weighted by atomic mass is 32.1. The zero-order valence-corrected chi connectivity index (χ0v) is 9.99. The number of carboxylic acids is 1. The van der Waals surface area contributed by atoms with E-state index in [4.69, 9.17) is 5.11 Å². The van der Waals surface area contributed by atoms with Crippen molar-refractivity contribution in [1.29, 1.82) is 0 Å². The molecule has 0 fully saturated rings. The number of aliphatic carboxylic acids is 1. The molecule has 2 atom stereocenters. The van der Waals surface area contributed by atoms with E-state index in [0.717, 1.165) is 5.01 Å². The van der Waals surface area contributed by atoms with E-state index in [1.807, 2.05) is 24.3 Å². The van der Waals surface area contributed by atoms with Crippen molar-refractivity contribution >= 4 is 17.3 Å². The lowest BCUT2D eigenvalue weighted by Crippen LogP contribution is -2.30. The SMILES string of the molecule is CC(CN(C)C(C)c1nccs1)C(=O)O. The first-order valence-electron chi connectivity index (χ1n) is 4.84. The predicted molar refractivity (Wildman–Crippen MR) is 60.0 cm³/mol. The zero-order valence-electron chi connectivity index (χ0n) is 9.17. The largest absolute Gasteiger partial charge is 0.481 e. The minimum atomic E-state index is -0.756. The number of rotatable bonds is 5. The van der Waals surface area contributed by atoms with Crippen LogP contribution in [0.5, 0.6) is 0 Å². The molecule has 0 radical (unpaired) electrons. The number of carbonyl (C=O) groups is 1. The van der Waals surface area contributed by atoms with Crippen LogP contribution < -0.4 is 0 Å². The van der Waals surface area contributed by atoms with Gasteiger partial charge in [0, 0.05) is 18.1 Å². The van der Waals surface area contributed by atoms with Crippen LogP contribution in [-0.4, -0.2) is 34.6 Å². The van der Waals surface area contributed by atoms with Crippen LogP contribution in [0.15, 0.2) is 11.6 Å². The second kappa shape index (κ2) is 5.23. The number of carboxylic acid groups (broad SMARTS) is 1. The van der Waals surface area contributed by atoms with Gasteiger partial charge in [0.2, 0.25) is 0 Å². The molecule has 15 heavy (non-hydrogen) atoms. The highest BCUT2D eigenvalue weighted by Crippen LogP contribution is 2.21. The molecule has 4 nitrogen and oxygen atoms in total. The van der Waals surface area contributed by atoms with E-state index in [0.29, 0.717) is 6.54 Å². The third-order valence-corrected chi connectivity index (χ3v) is 3.40. The minimum Gasteiger partial charge on any atom is -0.481 e. The molecule has 2 unspecified atom stereocenters. The molecule has 0 saturated carbocycles. The van der Waals surface area contributed by atoms with Gasteiger partial charge in [-0.25, -0.2) is 4.98 Å². The maximum Gasteiger partial charge on any atom is 0.307 e. The van der Waals surface area contributed by atoms with E-state index in [-0.39, 0.29) is 12.0 Å². The summed E-state index contributed by atoms with van der Waals surface area (Å²) in [5.74, 6) is -1.11. The first-order chi connectivity index (χ1) is 7.02. The molecule has 0 saturated heterocycles. The number of aromatic nitrogens is 1. The lowest BCUT2D eigenvalue weighted by molar-refractivity contribution is -0.141. The third-order valence-electron chi connectivity index (χ3n) is 2.45. The van der Waals surface area contributed by atoms with E-state index < -0.39 is 5.97 Å². The molecule has 1 aromatic rings. The highest BCUT2D eigenvalue weighted by molar-refractivity contribution is 7.09. The molecule has 0 spiro atoms. The van der Waals surface area contributed by atoms with Crippen molar-refractivity contribution in [2.75, 3.05) is 13.6 Å². The van der Waals surface area contributed by atoms with Gasteiger partial charge in [-0.3, -0.25) is 9.69 Å². The van der Waals surface area contributed by atoms with Gasteiger partial charge in [-0.2, -0.15) is 0 Å². The van der Waals surface area contributed by atoms with Gasteiger partial charge < -0.3 is 5.11 Å². The first kappa shape index (κ1) is 12.1. The van der Waals surface area contributed by atoms with Crippen LogP contribution in [0.25, 0.3) is 0 Å².